The van der Waals surface area contributed by atoms with Gasteiger partial charge in [-0.05, 0) is 30.2 Å². The van der Waals surface area contributed by atoms with Gasteiger partial charge in [0.2, 0.25) is 0 Å². The molecule has 0 spiro atoms. The first-order valence-electron chi connectivity index (χ1n) is 6.01. The fourth-order valence-corrected chi connectivity index (χ4v) is 2.33. The first kappa shape index (κ1) is 13.3. The number of furan rings is 1. The van der Waals surface area contributed by atoms with E-state index in [1.165, 1.54) is 5.56 Å². The van der Waals surface area contributed by atoms with Gasteiger partial charge in [0.15, 0.2) is 0 Å². The van der Waals surface area contributed by atoms with Crippen LogP contribution in [0.4, 0.5) is 0 Å². The maximum Gasteiger partial charge on any atom is 0.108 e. The second kappa shape index (κ2) is 6.18. The SMILES string of the molecule is CCc1occc1C(Cc1ccc(Br)cc1)NN. The van der Waals surface area contributed by atoms with Crippen LogP contribution in [0.15, 0.2) is 45.5 Å². The summed E-state index contributed by atoms with van der Waals surface area (Å²) in [6, 6.07) is 10.3. The van der Waals surface area contributed by atoms with E-state index in [2.05, 4.69) is 40.4 Å². The minimum absolute atomic E-state index is 0.0832. The Kier molecular flexibility index (Phi) is 4.58. The van der Waals surface area contributed by atoms with Gasteiger partial charge in [0.1, 0.15) is 5.76 Å². The third-order valence-electron chi connectivity index (χ3n) is 3.03. The van der Waals surface area contributed by atoms with Crippen LogP contribution in [0.25, 0.3) is 0 Å². The average Bonchev–Trinajstić information content (AvgIpc) is 2.86. The molecule has 0 bridgehead atoms. The molecule has 0 radical (unpaired) electrons. The predicted octanol–water partition coefficient (Wildman–Crippen LogP) is 3.35. The van der Waals surface area contributed by atoms with Gasteiger partial charge in [-0.25, -0.2) is 0 Å². The fourth-order valence-electron chi connectivity index (χ4n) is 2.06. The van der Waals surface area contributed by atoms with Crippen molar-refractivity contribution in [2.45, 2.75) is 25.8 Å². The van der Waals surface area contributed by atoms with E-state index in [-0.39, 0.29) is 6.04 Å². The van der Waals surface area contributed by atoms with Crippen molar-refractivity contribution in [2.75, 3.05) is 0 Å². The summed E-state index contributed by atoms with van der Waals surface area (Å²) in [5.41, 5.74) is 5.25. The van der Waals surface area contributed by atoms with Crippen molar-refractivity contribution >= 4 is 15.9 Å². The van der Waals surface area contributed by atoms with Gasteiger partial charge >= 0.3 is 0 Å². The highest BCUT2D eigenvalue weighted by Gasteiger charge is 2.16. The molecule has 1 atom stereocenters. The van der Waals surface area contributed by atoms with Crippen molar-refractivity contribution in [3.63, 3.8) is 0 Å². The Balaban J connectivity index is 2.17. The molecule has 0 saturated heterocycles. The van der Waals surface area contributed by atoms with Gasteiger partial charge < -0.3 is 4.42 Å². The van der Waals surface area contributed by atoms with Crippen molar-refractivity contribution in [1.82, 2.24) is 5.43 Å². The normalized spacial score (nSPS) is 12.6. The van der Waals surface area contributed by atoms with Crippen LogP contribution in [0.1, 0.15) is 29.9 Å². The molecular weight excluding hydrogens is 292 g/mol. The van der Waals surface area contributed by atoms with Gasteiger partial charge in [-0.1, -0.05) is 35.0 Å². The molecule has 1 aromatic heterocycles. The van der Waals surface area contributed by atoms with Crippen LogP contribution < -0.4 is 11.3 Å². The van der Waals surface area contributed by atoms with Gasteiger partial charge in [-0.2, -0.15) is 0 Å². The lowest BCUT2D eigenvalue weighted by molar-refractivity contribution is 0.487. The van der Waals surface area contributed by atoms with Crippen molar-refractivity contribution in [3.8, 4) is 0 Å². The summed E-state index contributed by atoms with van der Waals surface area (Å²) in [6.07, 6.45) is 3.44. The molecule has 1 heterocycles. The first-order valence-corrected chi connectivity index (χ1v) is 6.80. The number of nitrogens with two attached hydrogens (primary N) is 1. The summed E-state index contributed by atoms with van der Waals surface area (Å²) < 4.78 is 6.53. The number of nitrogens with one attached hydrogen (secondary N) is 1. The van der Waals surface area contributed by atoms with Crippen LogP contribution in [-0.2, 0) is 12.8 Å². The van der Waals surface area contributed by atoms with Crippen LogP contribution in [0, 0.1) is 0 Å². The van der Waals surface area contributed by atoms with Crippen molar-refractivity contribution < 1.29 is 4.42 Å². The van der Waals surface area contributed by atoms with E-state index < -0.39 is 0 Å². The third-order valence-corrected chi connectivity index (χ3v) is 3.56. The maximum atomic E-state index is 5.66. The van der Waals surface area contributed by atoms with Crippen LogP contribution in [-0.4, -0.2) is 0 Å². The summed E-state index contributed by atoms with van der Waals surface area (Å²) >= 11 is 3.43. The number of hydrogen-bond acceptors (Lipinski definition) is 3. The number of hydrazine groups is 1. The quantitative estimate of drug-likeness (QED) is 0.658. The van der Waals surface area contributed by atoms with E-state index in [1.54, 1.807) is 6.26 Å². The molecule has 0 saturated carbocycles. The lowest BCUT2D eigenvalue weighted by Gasteiger charge is -2.16. The van der Waals surface area contributed by atoms with Crippen LogP contribution >= 0.6 is 15.9 Å². The molecule has 2 aromatic rings. The predicted molar refractivity (Wildman–Crippen MR) is 76.0 cm³/mol. The molecule has 1 unspecified atom stereocenters. The highest BCUT2D eigenvalue weighted by atomic mass is 79.9. The standard InChI is InChI=1S/C14H17BrN2O/c1-2-14-12(7-8-18-14)13(17-16)9-10-3-5-11(15)6-4-10/h3-8,13,17H,2,9,16H2,1H3. The smallest absolute Gasteiger partial charge is 0.108 e. The lowest BCUT2D eigenvalue weighted by Crippen LogP contribution is -2.29. The molecule has 0 aliphatic heterocycles. The Hall–Kier alpha value is -1.10. The maximum absolute atomic E-state index is 5.66. The summed E-state index contributed by atoms with van der Waals surface area (Å²) in [4.78, 5) is 0. The fraction of sp³-hybridized carbons (Fsp3) is 0.286. The molecule has 3 N–H and O–H groups in total. The summed E-state index contributed by atoms with van der Waals surface area (Å²) in [5.74, 6) is 6.66. The van der Waals surface area contributed by atoms with E-state index in [4.69, 9.17) is 10.3 Å². The van der Waals surface area contributed by atoms with Crippen LogP contribution in [0.3, 0.4) is 0 Å². The monoisotopic (exact) mass is 308 g/mol. The third kappa shape index (κ3) is 3.02. The van der Waals surface area contributed by atoms with Crippen molar-refractivity contribution in [3.05, 3.63) is 58.0 Å². The van der Waals surface area contributed by atoms with Crippen molar-refractivity contribution in [1.29, 1.82) is 0 Å². The molecule has 0 aliphatic rings. The average molecular weight is 309 g/mol. The minimum Gasteiger partial charge on any atom is -0.469 e. The van der Waals surface area contributed by atoms with E-state index in [0.29, 0.717) is 0 Å². The largest absolute Gasteiger partial charge is 0.469 e. The van der Waals surface area contributed by atoms with E-state index in [9.17, 15) is 0 Å². The van der Waals surface area contributed by atoms with Gasteiger partial charge in [0.25, 0.3) is 0 Å². The molecule has 0 aliphatic carbocycles. The minimum atomic E-state index is 0.0832. The Labute approximate surface area is 115 Å². The highest BCUT2D eigenvalue weighted by molar-refractivity contribution is 9.10. The Morgan fingerprint density at radius 1 is 1.28 bits per heavy atom. The lowest BCUT2D eigenvalue weighted by atomic mass is 9.99. The molecular formula is C14H17BrN2O. The molecule has 18 heavy (non-hydrogen) atoms. The second-order valence-corrected chi connectivity index (χ2v) is 5.12. The number of halogens is 1. The number of benzene rings is 1. The molecule has 0 amide bonds. The van der Waals surface area contributed by atoms with Gasteiger partial charge in [-0.3, -0.25) is 11.3 Å². The van der Waals surface area contributed by atoms with Crippen LogP contribution in [0.5, 0.6) is 0 Å². The van der Waals surface area contributed by atoms with Gasteiger partial charge in [-0.15, -0.1) is 0 Å². The molecule has 2 rings (SSSR count). The van der Waals surface area contributed by atoms with Gasteiger partial charge in [0.05, 0.1) is 12.3 Å². The zero-order valence-corrected chi connectivity index (χ0v) is 11.9. The topological polar surface area (TPSA) is 51.2 Å². The zero-order chi connectivity index (χ0) is 13.0. The first-order chi connectivity index (χ1) is 8.74. The second-order valence-electron chi connectivity index (χ2n) is 4.20. The number of aryl methyl sites for hydroxylation is 1. The van der Waals surface area contributed by atoms with Crippen LogP contribution in [0.2, 0.25) is 0 Å². The summed E-state index contributed by atoms with van der Waals surface area (Å²) in [6.45, 7) is 2.08. The summed E-state index contributed by atoms with van der Waals surface area (Å²) in [7, 11) is 0. The molecule has 4 heteroatoms. The molecule has 3 nitrogen and oxygen atoms in total. The van der Waals surface area contributed by atoms with Crippen molar-refractivity contribution in [2.24, 2.45) is 5.84 Å². The zero-order valence-electron chi connectivity index (χ0n) is 10.3. The molecule has 96 valence electrons. The Morgan fingerprint density at radius 2 is 2.00 bits per heavy atom. The number of rotatable bonds is 5. The van der Waals surface area contributed by atoms with Gasteiger partial charge in [0, 0.05) is 16.5 Å². The number of hydrogen-bond donors (Lipinski definition) is 2. The molecule has 1 aromatic carbocycles. The Morgan fingerprint density at radius 3 is 2.61 bits per heavy atom. The van der Waals surface area contributed by atoms with E-state index in [1.807, 2.05) is 18.2 Å². The Bertz CT molecular complexity index is 493. The van der Waals surface area contributed by atoms with E-state index >= 15 is 0 Å². The summed E-state index contributed by atoms with van der Waals surface area (Å²) in [5, 5.41) is 0. The highest BCUT2D eigenvalue weighted by Crippen LogP contribution is 2.23. The van der Waals surface area contributed by atoms with E-state index in [0.717, 1.165) is 28.6 Å². The molecule has 0 fully saturated rings.